The van der Waals surface area contributed by atoms with Gasteiger partial charge in [0.15, 0.2) is 0 Å². The summed E-state index contributed by atoms with van der Waals surface area (Å²) in [6.45, 7) is 5.28. The van der Waals surface area contributed by atoms with Crippen LogP contribution in [0.1, 0.15) is 58.3 Å². The minimum absolute atomic E-state index is 0.000630. The fourth-order valence-electron chi connectivity index (χ4n) is 4.45. The molecule has 10 nitrogen and oxygen atoms in total. The van der Waals surface area contributed by atoms with Crippen molar-refractivity contribution in [3.05, 3.63) is 0 Å². The van der Waals surface area contributed by atoms with E-state index in [2.05, 4.69) is 10.6 Å². The zero-order valence-electron chi connectivity index (χ0n) is 21.4. The van der Waals surface area contributed by atoms with E-state index in [0.29, 0.717) is 71.4 Å². The van der Waals surface area contributed by atoms with Gasteiger partial charge < -0.3 is 29.7 Å². The molecule has 2 fully saturated rings. The predicted octanol–water partition coefficient (Wildman–Crippen LogP) is 1.07. The summed E-state index contributed by atoms with van der Waals surface area (Å²) in [4.78, 5) is 49.1. The van der Waals surface area contributed by atoms with Crippen LogP contribution >= 0.6 is 0 Å². The van der Waals surface area contributed by atoms with E-state index in [4.69, 9.17) is 14.2 Å². The molecule has 1 aliphatic carbocycles. The third kappa shape index (κ3) is 11.5. The van der Waals surface area contributed by atoms with Gasteiger partial charge in [0.1, 0.15) is 5.78 Å². The number of hydrogen-bond acceptors (Lipinski definition) is 7. The van der Waals surface area contributed by atoms with Crippen LogP contribution < -0.4 is 10.6 Å². The molecule has 10 heteroatoms. The molecular formula is C25H43N3O7. The smallest absolute Gasteiger partial charge is 0.225 e. The van der Waals surface area contributed by atoms with Crippen LogP contribution in [-0.4, -0.2) is 94.2 Å². The Balaban J connectivity index is 1.34. The Bertz CT molecular complexity index is 680. The molecule has 3 amide bonds. The molecule has 1 saturated carbocycles. The Morgan fingerprint density at radius 3 is 2.11 bits per heavy atom. The lowest BCUT2D eigenvalue weighted by Gasteiger charge is -2.28. The maximum atomic E-state index is 12.1. The van der Waals surface area contributed by atoms with Crippen molar-refractivity contribution in [3.63, 3.8) is 0 Å². The van der Waals surface area contributed by atoms with Gasteiger partial charge in [0.2, 0.25) is 17.7 Å². The second-order valence-corrected chi connectivity index (χ2v) is 9.39. The summed E-state index contributed by atoms with van der Waals surface area (Å²) in [7, 11) is 1.70. The zero-order valence-corrected chi connectivity index (χ0v) is 21.4. The molecule has 200 valence electrons. The van der Waals surface area contributed by atoms with Crippen molar-refractivity contribution >= 4 is 23.5 Å². The van der Waals surface area contributed by atoms with Gasteiger partial charge in [-0.05, 0) is 32.1 Å². The molecule has 0 radical (unpaired) electrons. The van der Waals surface area contributed by atoms with Gasteiger partial charge in [-0.2, -0.15) is 0 Å². The largest absolute Gasteiger partial charge is 0.379 e. The first-order valence-electron chi connectivity index (χ1n) is 13.0. The first-order chi connectivity index (χ1) is 16.9. The number of nitrogens with zero attached hydrogens (tertiary/aromatic N) is 1. The van der Waals surface area contributed by atoms with Gasteiger partial charge in [-0.3, -0.25) is 19.2 Å². The van der Waals surface area contributed by atoms with Crippen molar-refractivity contribution in [2.75, 3.05) is 59.8 Å². The number of rotatable bonds is 17. The van der Waals surface area contributed by atoms with Crippen molar-refractivity contribution in [2.45, 2.75) is 64.3 Å². The second kappa shape index (κ2) is 16.6. The highest BCUT2D eigenvalue weighted by molar-refractivity contribution is 5.89. The van der Waals surface area contributed by atoms with Crippen LogP contribution in [0, 0.1) is 11.8 Å². The van der Waals surface area contributed by atoms with E-state index in [-0.39, 0.29) is 42.0 Å². The van der Waals surface area contributed by atoms with Crippen LogP contribution in [0.25, 0.3) is 0 Å². The van der Waals surface area contributed by atoms with Gasteiger partial charge in [0, 0.05) is 51.4 Å². The Morgan fingerprint density at radius 1 is 0.886 bits per heavy atom. The molecular weight excluding hydrogens is 454 g/mol. The van der Waals surface area contributed by atoms with Crippen molar-refractivity contribution in [3.8, 4) is 0 Å². The van der Waals surface area contributed by atoms with Gasteiger partial charge in [-0.25, -0.2) is 0 Å². The number of carbonyl (C=O) groups is 4. The number of nitrogens with one attached hydrogen (secondary N) is 2. The molecule has 0 unspecified atom stereocenters. The van der Waals surface area contributed by atoms with Gasteiger partial charge in [-0.1, -0.05) is 6.92 Å². The maximum absolute atomic E-state index is 12.1. The molecule has 0 bridgehead atoms. The summed E-state index contributed by atoms with van der Waals surface area (Å²) in [6, 6.07) is 0.165. The van der Waals surface area contributed by atoms with E-state index in [1.165, 1.54) is 0 Å². The third-order valence-corrected chi connectivity index (χ3v) is 6.52. The van der Waals surface area contributed by atoms with Crippen molar-refractivity contribution < 1.29 is 33.4 Å². The predicted molar refractivity (Wildman–Crippen MR) is 130 cm³/mol. The molecule has 1 saturated heterocycles. The number of ketones is 1. The van der Waals surface area contributed by atoms with E-state index in [0.717, 1.165) is 32.1 Å². The Hall–Kier alpha value is -2.04. The summed E-state index contributed by atoms with van der Waals surface area (Å²) in [5.41, 5.74) is 0. The molecule has 1 aliphatic heterocycles. The monoisotopic (exact) mass is 497 g/mol. The summed E-state index contributed by atoms with van der Waals surface area (Å²) in [5.74, 6) is 0.149. The molecule has 0 aromatic carbocycles. The second-order valence-electron chi connectivity index (χ2n) is 9.39. The third-order valence-electron chi connectivity index (χ3n) is 6.52. The van der Waals surface area contributed by atoms with Crippen LogP contribution in [0.5, 0.6) is 0 Å². The first kappa shape index (κ1) is 29.2. The highest BCUT2D eigenvalue weighted by Crippen LogP contribution is 2.26. The standard InChI is InChI=1S/C25H43N3O7/c1-3-4-22(29)19-5-7-21(8-6-19)27-23(30)9-11-33-13-15-35-16-14-34-12-10-26-25(32)20-17-24(31)28(2)18-20/h19-21H,3-18H2,1-2H3,(H,26,32)(H,27,30)/t19?,20-,21?/m0/s1. The molecule has 0 aromatic heterocycles. The van der Waals surface area contributed by atoms with Crippen LogP contribution in [-0.2, 0) is 33.4 Å². The van der Waals surface area contributed by atoms with Gasteiger partial charge in [0.05, 0.1) is 45.6 Å². The average Bonchev–Trinajstić information content (AvgIpc) is 3.18. The summed E-state index contributed by atoms with van der Waals surface area (Å²) in [6.07, 6.45) is 5.63. The van der Waals surface area contributed by atoms with Crippen LogP contribution in [0.4, 0.5) is 0 Å². The lowest BCUT2D eigenvalue weighted by molar-refractivity contribution is -0.128. The van der Waals surface area contributed by atoms with E-state index in [9.17, 15) is 19.2 Å². The Kier molecular flexibility index (Phi) is 13.8. The highest BCUT2D eigenvalue weighted by atomic mass is 16.5. The zero-order chi connectivity index (χ0) is 25.5. The molecule has 0 aromatic rings. The summed E-state index contributed by atoms with van der Waals surface area (Å²) in [5, 5.41) is 5.84. The molecule has 2 N–H and O–H groups in total. The molecule has 2 aliphatic rings. The lowest BCUT2D eigenvalue weighted by atomic mass is 9.82. The molecule has 0 spiro atoms. The number of ether oxygens (including phenoxy) is 3. The minimum atomic E-state index is -0.274. The molecule has 1 atom stereocenters. The van der Waals surface area contributed by atoms with Crippen LogP contribution in [0.2, 0.25) is 0 Å². The topological polar surface area (TPSA) is 123 Å². The fraction of sp³-hybridized carbons (Fsp3) is 0.840. The maximum Gasteiger partial charge on any atom is 0.225 e. The van der Waals surface area contributed by atoms with E-state index in [1.807, 2.05) is 6.92 Å². The molecule has 35 heavy (non-hydrogen) atoms. The minimum Gasteiger partial charge on any atom is -0.379 e. The van der Waals surface area contributed by atoms with E-state index in [1.54, 1.807) is 11.9 Å². The Morgan fingerprint density at radius 2 is 1.51 bits per heavy atom. The van der Waals surface area contributed by atoms with Crippen LogP contribution in [0.15, 0.2) is 0 Å². The molecule has 1 heterocycles. The highest BCUT2D eigenvalue weighted by Gasteiger charge is 2.31. The number of hydrogen-bond donors (Lipinski definition) is 2. The summed E-state index contributed by atoms with van der Waals surface area (Å²) < 4.78 is 16.3. The van der Waals surface area contributed by atoms with E-state index >= 15 is 0 Å². The summed E-state index contributed by atoms with van der Waals surface area (Å²) >= 11 is 0. The number of likely N-dealkylation sites (tertiary alicyclic amines) is 1. The number of carbonyl (C=O) groups excluding carboxylic acids is 4. The van der Waals surface area contributed by atoms with E-state index < -0.39 is 0 Å². The van der Waals surface area contributed by atoms with Gasteiger partial charge in [-0.15, -0.1) is 0 Å². The van der Waals surface area contributed by atoms with Gasteiger partial charge in [0.25, 0.3) is 0 Å². The number of amides is 3. The molecule has 2 rings (SSSR count). The lowest BCUT2D eigenvalue weighted by Crippen LogP contribution is -2.39. The fourth-order valence-corrected chi connectivity index (χ4v) is 4.45. The van der Waals surface area contributed by atoms with Crippen molar-refractivity contribution in [1.29, 1.82) is 0 Å². The average molecular weight is 498 g/mol. The quantitative estimate of drug-likeness (QED) is 0.288. The first-order valence-corrected chi connectivity index (χ1v) is 13.0. The van der Waals surface area contributed by atoms with Crippen LogP contribution in [0.3, 0.4) is 0 Å². The van der Waals surface area contributed by atoms with Crippen molar-refractivity contribution in [1.82, 2.24) is 15.5 Å². The van der Waals surface area contributed by atoms with Crippen molar-refractivity contribution in [2.24, 2.45) is 11.8 Å². The number of Topliss-reactive ketones (excluding diaryl/α,β-unsaturated/α-hetero) is 1. The normalized spacial score (nSPS) is 22.3. The van der Waals surface area contributed by atoms with Gasteiger partial charge >= 0.3 is 0 Å². The SMILES string of the molecule is CCCC(=O)C1CCC(NC(=O)CCOCCOCCOCCNC(=O)[C@H]2CC(=O)N(C)C2)CC1. The Labute approximate surface area is 208 Å².